The molecule has 0 radical (unpaired) electrons. The second-order valence-corrected chi connectivity index (χ2v) is 12.2. The van der Waals surface area contributed by atoms with Crippen molar-refractivity contribution < 1.29 is 9.59 Å². The summed E-state index contributed by atoms with van der Waals surface area (Å²) in [5, 5.41) is 3.70. The number of likely N-dealkylation sites (N-methyl/N-ethyl adjacent to an activating group) is 1. The van der Waals surface area contributed by atoms with Crippen LogP contribution in [0.4, 0.5) is 5.13 Å². The molecule has 1 saturated heterocycles. The van der Waals surface area contributed by atoms with Crippen LogP contribution in [-0.4, -0.2) is 58.3 Å². The molecule has 2 amide bonds. The molecule has 3 heterocycles. The number of carbonyl (C=O) groups is 2. The largest absolute Gasteiger partial charge is 0.332 e. The summed E-state index contributed by atoms with van der Waals surface area (Å²) in [6.07, 6.45) is 15.4. The minimum absolute atomic E-state index is 0.0392. The summed E-state index contributed by atoms with van der Waals surface area (Å²) in [6, 6.07) is 12.2. The van der Waals surface area contributed by atoms with E-state index < -0.39 is 0 Å². The molecule has 3 aliphatic rings. The molecular formula is C32H35N5O2S. The smallest absolute Gasteiger partial charge is 0.257 e. The average Bonchev–Trinajstić information content (AvgIpc) is 3.64. The molecule has 2 aromatic heterocycles. The van der Waals surface area contributed by atoms with Gasteiger partial charge in [-0.1, -0.05) is 30.4 Å². The predicted molar refractivity (Wildman–Crippen MR) is 159 cm³/mol. The van der Waals surface area contributed by atoms with Crippen LogP contribution in [0, 0.1) is 0 Å². The van der Waals surface area contributed by atoms with Crippen molar-refractivity contribution in [1.82, 2.24) is 19.8 Å². The zero-order valence-corrected chi connectivity index (χ0v) is 23.9. The summed E-state index contributed by atoms with van der Waals surface area (Å²) in [5.74, 6) is 0.168. The van der Waals surface area contributed by atoms with Gasteiger partial charge < -0.3 is 9.80 Å². The number of allylic oxidation sites excluding steroid dienone is 2. The second-order valence-electron chi connectivity index (χ2n) is 11.1. The lowest BCUT2D eigenvalue weighted by Gasteiger charge is -2.27. The molecule has 206 valence electrons. The Hall–Kier alpha value is -3.62. The monoisotopic (exact) mass is 553 g/mol. The summed E-state index contributed by atoms with van der Waals surface area (Å²) in [4.78, 5) is 41.1. The molecule has 1 aromatic carbocycles. The van der Waals surface area contributed by atoms with Crippen molar-refractivity contribution in [2.24, 2.45) is 0 Å². The Morgan fingerprint density at radius 3 is 2.73 bits per heavy atom. The molecule has 1 fully saturated rings. The molecule has 1 aliphatic heterocycles. The summed E-state index contributed by atoms with van der Waals surface area (Å²) in [7, 11) is 4.24. The van der Waals surface area contributed by atoms with Crippen LogP contribution in [0.3, 0.4) is 0 Å². The Morgan fingerprint density at radius 1 is 1.10 bits per heavy atom. The number of thiazole rings is 1. The molecule has 1 N–H and O–H groups in total. The van der Waals surface area contributed by atoms with Crippen molar-refractivity contribution in [2.45, 2.75) is 56.5 Å². The number of hydrogen-bond donors (Lipinski definition) is 1. The van der Waals surface area contributed by atoms with Crippen LogP contribution in [-0.2, 0) is 17.6 Å². The highest BCUT2D eigenvalue weighted by Crippen LogP contribution is 2.36. The number of nitrogens with one attached hydrogen (secondary N) is 1. The topological polar surface area (TPSA) is 78.4 Å². The Morgan fingerprint density at radius 2 is 1.95 bits per heavy atom. The first kappa shape index (κ1) is 26.6. The van der Waals surface area contributed by atoms with Gasteiger partial charge in [-0.25, -0.2) is 4.98 Å². The Kier molecular flexibility index (Phi) is 7.63. The van der Waals surface area contributed by atoms with Gasteiger partial charge in [0.2, 0.25) is 0 Å². The van der Waals surface area contributed by atoms with Crippen LogP contribution < -0.4 is 5.32 Å². The molecule has 8 heteroatoms. The number of carbonyl (C=O) groups excluding carboxylic acids is 2. The predicted octanol–water partition coefficient (Wildman–Crippen LogP) is 5.54. The van der Waals surface area contributed by atoms with Gasteiger partial charge in [-0.3, -0.25) is 19.9 Å². The number of nitrogens with zero attached hydrogens (tertiary/aromatic N) is 4. The summed E-state index contributed by atoms with van der Waals surface area (Å²) < 4.78 is 0. The SMILES string of the molecule is CN(C)[C@H]1CCc2nc(NC(=O)c3cccc([C@H]4CCCN4C(=O)C4=CCC(c5ccncc5)C=C4)c3)sc2C1. The summed E-state index contributed by atoms with van der Waals surface area (Å²) >= 11 is 1.59. The standard InChI is InChI=1S/C32H35N5O2S/c1-36(2)26-12-13-27-29(20-26)40-32(34-27)35-30(38)25-6-3-5-24(19-25)28-7-4-18-37(28)31(39)23-10-8-21(9-11-23)22-14-16-33-17-15-22/h3,5-6,8,10-11,14-17,19,21,26,28H,4,7,9,12-13,18,20H2,1-2H3,(H,34,35,38)/t21?,26-,28+/m0/s1. The molecule has 2 aliphatic carbocycles. The minimum Gasteiger partial charge on any atom is -0.332 e. The maximum absolute atomic E-state index is 13.6. The van der Waals surface area contributed by atoms with Crippen molar-refractivity contribution in [3.8, 4) is 0 Å². The number of rotatable bonds is 6. The summed E-state index contributed by atoms with van der Waals surface area (Å²) in [5.41, 5.74) is 4.66. The highest BCUT2D eigenvalue weighted by atomic mass is 32.1. The first-order chi connectivity index (χ1) is 19.5. The molecule has 3 atom stereocenters. The van der Waals surface area contributed by atoms with E-state index in [1.54, 1.807) is 11.3 Å². The van der Waals surface area contributed by atoms with Crippen LogP contribution in [0.15, 0.2) is 72.6 Å². The molecule has 6 rings (SSSR count). The number of aromatic nitrogens is 2. The molecule has 0 saturated carbocycles. The molecular weight excluding hydrogens is 518 g/mol. The fraction of sp³-hybridized carbons (Fsp3) is 0.375. The number of pyridine rings is 1. The van der Waals surface area contributed by atoms with E-state index in [1.807, 2.05) is 59.8 Å². The van der Waals surface area contributed by atoms with Crippen LogP contribution in [0.25, 0.3) is 0 Å². The third-order valence-electron chi connectivity index (χ3n) is 8.39. The minimum atomic E-state index is -0.159. The third kappa shape index (κ3) is 5.51. The zero-order valence-electron chi connectivity index (χ0n) is 23.0. The molecule has 7 nitrogen and oxygen atoms in total. The first-order valence-corrected chi connectivity index (χ1v) is 14.9. The fourth-order valence-corrected chi connectivity index (χ4v) is 7.14. The average molecular weight is 554 g/mol. The van der Waals surface area contributed by atoms with E-state index >= 15 is 0 Å². The van der Waals surface area contributed by atoms with Crippen molar-refractivity contribution in [3.63, 3.8) is 0 Å². The number of aryl methyl sites for hydroxylation is 1. The number of anilines is 1. The van der Waals surface area contributed by atoms with E-state index in [1.165, 1.54) is 10.4 Å². The van der Waals surface area contributed by atoms with Crippen LogP contribution in [0.2, 0.25) is 0 Å². The lowest BCUT2D eigenvalue weighted by atomic mass is 9.90. The number of likely N-dealkylation sites (tertiary alicyclic amines) is 1. The van der Waals surface area contributed by atoms with Gasteiger partial charge in [0, 0.05) is 46.9 Å². The third-order valence-corrected chi connectivity index (χ3v) is 9.43. The highest BCUT2D eigenvalue weighted by Gasteiger charge is 2.32. The van der Waals surface area contributed by atoms with E-state index in [4.69, 9.17) is 4.98 Å². The normalized spacial score (nSPS) is 22.2. The second kappa shape index (κ2) is 11.5. The van der Waals surface area contributed by atoms with Gasteiger partial charge in [0.1, 0.15) is 0 Å². The lowest BCUT2D eigenvalue weighted by Crippen LogP contribution is -2.32. The highest BCUT2D eigenvalue weighted by molar-refractivity contribution is 7.15. The maximum atomic E-state index is 13.6. The Balaban J connectivity index is 1.13. The van der Waals surface area contributed by atoms with E-state index in [0.29, 0.717) is 16.7 Å². The van der Waals surface area contributed by atoms with E-state index in [2.05, 4.69) is 41.4 Å². The molecule has 3 aromatic rings. The molecule has 0 spiro atoms. The molecule has 0 bridgehead atoms. The van der Waals surface area contributed by atoms with Crippen LogP contribution in [0.1, 0.15) is 69.7 Å². The maximum Gasteiger partial charge on any atom is 0.257 e. The van der Waals surface area contributed by atoms with Gasteiger partial charge in [-0.15, -0.1) is 11.3 Å². The summed E-state index contributed by atoms with van der Waals surface area (Å²) in [6.45, 7) is 0.720. The quantitative estimate of drug-likeness (QED) is 0.434. The number of fused-ring (bicyclic) bond motifs is 1. The first-order valence-electron chi connectivity index (χ1n) is 14.1. The van der Waals surface area contributed by atoms with E-state index in [-0.39, 0.29) is 23.8 Å². The Bertz CT molecular complexity index is 1460. The van der Waals surface area contributed by atoms with Crippen molar-refractivity contribution in [2.75, 3.05) is 26.0 Å². The van der Waals surface area contributed by atoms with Gasteiger partial charge in [-0.05, 0) is 88.0 Å². The number of benzene rings is 1. The lowest BCUT2D eigenvalue weighted by molar-refractivity contribution is -0.127. The van der Waals surface area contributed by atoms with Crippen LogP contribution in [0.5, 0.6) is 0 Å². The van der Waals surface area contributed by atoms with Gasteiger partial charge in [0.15, 0.2) is 5.13 Å². The van der Waals surface area contributed by atoms with Gasteiger partial charge in [0.05, 0.1) is 11.7 Å². The molecule has 40 heavy (non-hydrogen) atoms. The fourth-order valence-electron chi connectivity index (χ4n) is 6.07. The van der Waals surface area contributed by atoms with Gasteiger partial charge >= 0.3 is 0 Å². The number of amides is 2. The van der Waals surface area contributed by atoms with Gasteiger partial charge in [0.25, 0.3) is 11.8 Å². The number of hydrogen-bond acceptors (Lipinski definition) is 6. The van der Waals surface area contributed by atoms with Gasteiger partial charge in [-0.2, -0.15) is 0 Å². The van der Waals surface area contributed by atoms with E-state index in [9.17, 15) is 9.59 Å². The Labute approximate surface area is 239 Å². The van der Waals surface area contributed by atoms with E-state index in [0.717, 1.165) is 61.9 Å². The zero-order chi connectivity index (χ0) is 27.6. The van der Waals surface area contributed by atoms with Crippen molar-refractivity contribution in [3.05, 3.63) is 99.9 Å². The van der Waals surface area contributed by atoms with Crippen molar-refractivity contribution in [1.29, 1.82) is 0 Å². The van der Waals surface area contributed by atoms with Crippen LogP contribution >= 0.6 is 11.3 Å². The molecule has 1 unspecified atom stereocenters. The van der Waals surface area contributed by atoms with Crippen molar-refractivity contribution >= 4 is 28.3 Å².